The first-order chi connectivity index (χ1) is 23.3. The van der Waals surface area contributed by atoms with Crippen molar-refractivity contribution < 1.29 is 18.7 Å². The van der Waals surface area contributed by atoms with Gasteiger partial charge in [-0.25, -0.2) is 9.38 Å². The highest BCUT2D eigenvalue weighted by Gasteiger charge is 2.34. The number of ether oxygens (including phenoxy) is 2. The molecule has 1 aliphatic rings. The molecule has 0 spiro atoms. The molecular weight excluding hydrogens is 628 g/mol. The van der Waals surface area contributed by atoms with E-state index in [1.165, 1.54) is 23.5 Å². The molecule has 0 unspecified atom stereocenters. The van der Waals surface area contributed by atoms with Gasteiger partial charge in [0.05, 0.1) is 30.0 Å². The summed E-state index contributed by atoms with van der Waals surface area (Å²) in [6.45, 7) is 2.31. The number of benzene rings is 4. The van der Waals surface area contributed by atoms with Crippen LogP contribution in [0.5, 0.6) is 11.5 Å². The zero-order valence-corrected chi connectivity index (χ0v) is 27.3. The number of hydrogen-bond acceptors (Lipinski definition) is 6. The van der Waals surface area contributed by atoms with Crippen LogP contribution < -0.4 is 29.7 Å². The molecule has 1 aliphatic heterocycles. The van der Waals surface area contributed by atoms with E-state index in [1.54, 1.807) is 62.1 Å². The van der Waals surface area contributed by atoms with Crippen molar-refractivity contribution in [2.45, 2.75) is 19.5 Å². The SMILES string of the molecule is COc1ccc([C@@H]2C(C(=O)Nc3ccccc3)=C(C)N=c3s/c(=C\c4cn(Cc5ccc(F)cc5)c5ccccc45)c(=O)n32)c(OC)c1. The zero-order valence-electron chi connectivity index (χ0n) is 26.4. The van der Waals surface area contributed by atoms with Crippen LogP contribution in [0.2, 0.25) is 0 Å². The van der Waals surface area contributed by atoms with E-state index in [0.29, 0.717) is 49.9 Å². The molecule has 10 heteroatoms. The second-order valence-electron chi connectivity index (χ2n) is 11.4. The smallest absolute Gasteiger partial charge is 0.271 e. The number of aromatic nitrogens is 2. The van der Waals surface area contributed by atoms with Gasteiger partial charge in [-0.05, 0) is 61.0 Å². The van der Waals surface area contributed by atoms with Crippen molar-refractivity contribution in [3.63, 3.8) is 0 Å². The highest BCUT2D eigenvalue weighted by atomic mass is 32.1. The number of thiazole rings is 1. The number of nitrogens with zero attached hydrogens (tertiary/aromatic N) is 3. The zero-order chi connectivity index (χ0) is 33.4. The second-order valence-corrected chi connectivity index (χ2v) is 12.4. The molecule has 3 heterocycles. The Kier molecular flexibility index (Phi) is 8.24. The quantitative estimate of drug-likeness (QED) is 0.216. The van der Waals surface area contributed by atoms with Gasteiger partial charge in [-0.15, -0.1) is 0 Å². The van der Waals surface area contributed by atoms with Crippen LogP contribution in [0.4, 0.5) is 10.1 Å². The largest absolute Gasteiger partial charge is 0.497 e. The van der Waals surface area contributed by atoms with Crippen molar-refractivity contribution in [2.75, 3.05) is 19.5 Å². The maximum Gasteiger partial charge on any atom is 0.271 e. The summed E-state index contributed by atoms with van der Waals surface area (Å²) in [6, 6.07) is 28.1. The van der Waals surface area contributed by atoms with E-state index in [-0.39, 0.29) is 17.3 Å². The Hall–Kier alpha value is -5.74. The Morgan fingerprint density at radius 2 is 1.73 bits per heavy atom. The summed E-state index contributed by atoms with van der Waals surface area (Å²) in [5, 5.41) is 3.95. The fourth-order valence-corrected chi connectivity index (χ4v) is 7.16. The number of halogens is 1. The van der Waals surface area contributed by atoms with Crippen LogP contribution in [0.15, 0.2) is 124 Å². The van der Waals surface area contributed by atoms with Gasteiger partial charge in [-0.2, -0.15) is 0 Å². The lowest BCUT2D eigenvalue weighted by Crippen LogP contribution is -2.40. The van der Waals surface area contributed by atoms with Gasteiger partial charge in [0, 0.05) is 46.5 Å². The molecule has 1 amide bonds. The number of carbonyl (C=O) groups excluding carboxylic acids is 1. The summed E-state index contributed by atoms with van der Waals surface area (Å²) >= 11 is 1.27. The highest BCUT2D eigenvalue weighted by molar-refractivity contribution is 7.07. The van der Waals surface area contributed by atoms with Crippen molar-refractivity contribution >= 4 is 39.9 Å². The number of rotatable bonds is 8. The van der Waals surface area contributed by atoms with Crippen LogP contribution in [0.25, 0.3) is 17.0 Å². The van der Waals surface area contributed by atoms with E-state index in [4.69, 9.17) is 14.5 Å². The average molecular weight is 659 g/mol. The van der Waals surface area contributed by atoms with Gasteiger partial charge in [0.1, 0.15) is 23.4 Å². The number of carbonyl (C=O) groups is 1. The number of para-hydroxylation sites is 2. The average Bonchev–Trinajstić information content (AvgIpc) is 3.60. The normalized spacial score (nSPS) is 14.5. The number of allylic oxidation sites excluding steroid dienone is 1. The number of methoxy groups -OCH3 is 2. The summed E-state index contributed by atoms with van der Waals surface area (Å²) < 4.78 is 28.9. The predicted molar refractivity (Wildman–Crippen MR) is 186 cm³/mol. The molecular formula is C38H31FN4O4S. The molecule has 0 bridgehead atoms. The Morgan fingerprint density at radius 3 is 2.48 bits per heavy atom. The molecule has 1 atom stereocenters. The molecule has 0 aliphatic carbocycles. The number of amides is 1. The molecule has 0 saturated heterocycles. The first-order valence-electron chi connectivity index (χ1n) is 15.3. The summed E-state index contributed by atoms with van der Waals surface area (Å²) in [7, 11) is 3.11. The summed E-state index contributed by atoms with van der Waals surface area (Å²) in [6.07, 6.45) is 3.87. The summed E-state index contributed by atoms with van der Waals surface area (Å²) in [5.41, 5.74) is 4.58. The minimum atomic E-state index is -0.826. The minimum absolute atomic E-state index is 0.283. The third-order valence-electron chi connectivity index (χ3n) is 8.41. The Bertz CT molecular complexity index is 2390. The molecule has 8 nitrogen and oxygen atoms in total. The Balaban J connectivity index is 1.38. The molecule has 7 rings (SSSR count). The fourth-order valence-electron chi connectivity index (χ4n) is 6.12. The minimum Gasteiger partial charge on any atom is -0.497 e. The van der Waals surface area contributed by atoms with E-state index in [1.807, 2.05) is 60.8 Å². The van der Waals surface area contributed by atoms with E-state index in [9.17, 15) is 14.0 Å². The van der Waals surface area contributed by atoms with Crippen molar-refractivity contribution in [3.05, 3.63) is 157 Å². The molecule has 0 fully saturated rings. The number of hydrogen-bond donors (Lipinski definition) is 1. The molecule has 0 saturated carbocycles. The molecule has 6 aromatic rings. The van der Waals surface area contributed by atoms with E-state index in [2.05, 4.69) is 9.88 Å². The highest BCUT2D eigenvalue weighted by Crippen LogP contribution is 2.37. The van der Waals surface area contributed by atoms with Crippen molar-refractivity contribution in [1.29, 1.82) is 0 Å². The predicted octanol–water partition coefficient (Wildman–Crippen LogP) is 6.03. The van der Waals surface area contributed by atoms with Crippen LogP contribution in [-0.2, 0) is 11.3 Å². The van der Waals surface area contributed by atoms with E-state index >= 15 is 0 Å². The lowest BCUT2D eigenvalue weighted by Gasteiger charge is -2.26. The van der Waals surface area contributed by atoms with Gasteiger partial charge in [-0.3, -0.25) is 14.2 Å². The first kappa shape index (κ1) is 30.9. The van der Waals surface area contributed by atoms with Gasteiger partial charge < -0.3 is 19.4 Å². The first-order valence-corrected chi connectivity index (χ1v) is 16.1. The maximum atomic E-state index is 14.4. The Labute approximate surface area is 279 Å². The number of anilines is 1. The third kappa shape index (κ3) is 5.71. The van der Waals surface area contributed by atoms with Gasteiger partial charge in [-0.1, -0.05) is 59.9 Å². The van der Waals surface area contributed by atoms with Crippen molar-refractivity contribution in [3.8, 4) is 11.5 Å². The van der Waals surface area contributed by atoms with Crippen molar-refractivity contribution in [2.24, 2.45) is 4.99 Å². The van der Waals surface area contributed by atoms with Gasteiger partial charge in [0.15, 0.2) is 4.80 Å². The molecule has 0 radical (unpaired) electrons. The lowest BCUT2D eigenvalue weighted by atomic mass is 9.94. The number of fused-ring (bicyclic) bond motifs is 2. The van der Waals surface area contributed by atoms with Crippen LogP contribution in [-0.4, -0.2) is 29.3 Å². The summed E-state index contributed by atoms with van der Waals surface area (Å²) in [4.78, 5) is 33.7. The second kappa shape index (κ2) is 12.8. The van der Waals surface area contributed by atoms with Crippen LogP contribution in [0.3, 0.4) is 0 Å². The van der Waals surface area contributed by atoms with E-state index < -0.39 is 6.04 Å². The van der Waals surface area contributed by atoms with Crippen LogP contribution in [0.1, 0.15) is 29.7 Å². The standard InChI is InChI=1S/C38H31FN4O4S/c1-23-34(36(44)41-27-9-5-4-6-10-27)35(30-18-17-28(46-2)20-32(30)47-3)43-37(45)33(48-38(43)40-23)19-25-22-42(31-12-8-7-11-29(25)31)21-24-13-15-26(39)16-14-24/h4-20,22,35H,21H2,1-3H3,(H,41,44)/b33-19-/t35-/m1/s1. The third-order valence-corrected chi connectivity index (χ3v) is 9.39. The van der Waals surface area contributed by atoms with Crippen molar-refractivity contribution in [1.82, 2.24) is 9.13 Å². The molecule has 240 valence electrons. The van der Waals surface area contributed by atoms with Gasteiger partial charge in [0.2, 0.25) is 0 Å². The monoisotopic (exact) mass is 658 g/mol. The summed E-state index contributed by atoms with van der Waals surface area (Å²) in [5.74, 6) is 0.394. The van der Waals surface area contributed by atoms with Crippen LogP contribution >= 0.6 is 11.3 Å². The topological polar surface area (TPSA) is 86.9 Å². The van der Waals surface area contributed by atoms with Crippen LogP contribution in [0, 0.1) is 5.82 Å². The molecule has 1 N–H and O–H groups in total. The Morgan fingerprint density at radius 1 is 0.979 bits per heavy atom. The fraction of sp³-hybridized carbons (Fsp3) is 0.132. The molecule has 48 heavy (non-hydrogen) atoms. The molecule has 2 aromatic heterocycles. The van der Waals surface area contributed by atoms with E-state index in [0.717, 1.165) is 22.0 Å². The molecule has 4 aromatic carbocycles. The number of nitrogens with one attached hydrogen (secondary N) is 1. The maximum absolute atomic E-state index is 14.4. The van der Waals surface area contributed by atoms with Gasteiger partial charge >= 0.3 is 0 Å². The van der Waals surface area contributed by atoms with Gasteiger partial charge in [0.25, 0.3) is 11.5 Å². The lowest BCUT2D eigenvalue weighted by molar-refractivity contribution is -0.113.